The third-order valence-corrected chi connectivity index (χ3v) is 3.93. The van der Waals surface area contributed by atoms with Crippen molar-refractivity contribution in [2.45, 2.75) is 6.10 Å². The Balaban J connectivity index is 1.64. The number of hydrogen-bond acceptors (Lipinski definition) is 4. The molecular weight excluding hydrogens is 320 g/mol. The second-order valence-electron chi connectivity index (χ2n) is 5.66. The molecule has 1 aromatic carbocycles. The minimum absolute atomic E-state index is 0.0109. The van der Waals surface area contributed by atoms with E-state index >= 15 is 0 Å². The first-order valence-corrected chi connectivity index (χ1v) is 7.82. The van der Waals surface area contributed by atoms with Gasteiger partial charge in [0.15, 0.2) is 0 Å². The van der Waals surface area contributed by atoms with E-state index in [4.69, 9.17) is 4.42 Å². The molecule has 2 aromatic heterocycles. The molecule has 0 saturated heterocycles. The largest absolute Gasteiger partial charge is 0.464 e. The number of aliphatic hydroxyl groups is 1. The van der Waals surface area contributed by atoms with Gasteiger partial charge in [-0.2, -0.15) is 0 Å². The van der Waals surface area contributed by atoms with E-state index in [2.05, 4.69) is 5.32 Å². The third kappa shape index (κ3) is 3.70. The lowest BCUT2D eigenvalue weighted by molar-refractivity contribution is 0.0914. The molecule has 128 valence electrons. The quantitative estimate of drug-likeness (QED) is 0.746. The van der Waals surface area contributed by atoms with Crippen LogP contribution in [0.4, 0.5) is 0 Å². The van der Waals surface area contributed by atoms with Gasteiger partial charge in [-0.05, 0) is 29.8 Å². The molecule has 3 aromatic rings. The third-order valence-electron chi connectivity index (χ3n) is 3.93. The molecule has 0 aliphatic rings. The first-order valence-electron chi connectivity index (χ1n) is 7.82. The summed E-state index contributed by atoms with van der Waals surface area (Å²) in [6.07, 6.45) is 2.30. The van der Waals surface area contributed by atoms with Gasteiger partial charge in [0.25, 0.3) is 11.5 Å². The Morgan fingerprint density at radius 3 is 2.64 bits per heavy atom. The molecule has 0 aliphatic heterocycles. The fraction of sp³-hybridized carbons (Fsp3) is 0.158. The molecule has 6 heteroatoms. The Morgan fingerprint density at radius 1 is 1.20 bits per heavy atom. The highest BCUT2D eigenvalue weighted by atomic mass is 16.3. The van der Waals surface area contributed by atoms with Crippen LogP contribution in [0.2, 0.25) is 0 Å². The fourth-order valence-electron chi connectivity index (χ4n) is 2.48. The van der Waals surface area contributed by atoms with Gasteiger partial charge in [0.1, 0.15) is 11.3 Å². The van der Waals surface area contributed by atoms with E-state index in [1.807, 2.05) is 24.3 Å². The number of carbonyl (C=O) groups is 1. The van der Waals surface area contributed by atoms with E-state index in [0.29, 0.717) is 5.56 Å². The maximum absolute atomic E-state index is 12.1. The van der Waals surface area contributed by atoms with Crippen molar-refractivity contribution >= 4 is 5.91 Å². The van der Waals surface area contributed by atoms with Crippen molar-refractivity contribution in [3.63, 3.8) is 0 Å². The van der Waals surface area contributed by atoms with Crippen molar-refractivity contribution in [2.75, 3.05) is 6.54 Å². The summed E-state index contributed by atoms with van der Waals surface area (Å²) in [6.45, 7) is 0.0109. The van der Waals surface area contributed by atoms with Crippen molar-refractivity contribution in [3.05, 3.63) is 82.5 Å². The molecule has 2 heterocycles. The zero-order valence-electron chi connectivity index (χ0n) is 13.7. The maximum Gasteiger partial charge on any atom is 0.263 e. The monoisotopic (exact) mass is 338 g/mol. The van der Waals surface area contributed by atoms with Crippen LogP contribution in [0.15, 0.2) is 70.2 Å². The first-order chi connectivity index (χ1) is 12.1. The molecule has 1 unspecified atom stereocenters. The Hall–Kier alpha value is -3.12. The number of hydrogen-bond donors (Lipinski definition) is 2. The lowest BCUT2D eigenvalue weighted by Crippen LogP contribution is -2.34. The summed E-state index contributed by atoms with van der Waals surface area (Å²) in [5.74, 6) is 0.238. The number of aryl methyl sites for hydroxylation is 1. The highest BCUT2D eigenvalue weighted by Gasteiger charge is 2.14. The molecule has 0 bridgehead atoms. The van der Waals surface area contributed by atoms with E-state index in [0.717, 1.165) is 11.3 Å². The molecule has 6 nitrogen and oxygen atoms in total. The number of pyridine rings is 1. The molecule has 0 saturated carbocycles. The van der Waals surface area contributed by atoms with E-state index in [1.165, 1.54) is 10.6 Å². The molecule has 0 radical (unpaired) electrons. The number of furan rings is 1. The summed E-state index contributed by atoms with van der Waals surface area (Å²) >= 11 is 0. The smallest absolute Gasteiger partial charge is 0.263 e. The topological polar surface area (TPSA) is 84.5 Å². The first kappa shape index (κ1) is 16.7. The van der Waals surface area contributed by atoms with Gasteiger partial charge in [-0.1, -0.05) is 24.3 Å². The van der Waals surface area contributed by atoms with Gasteiger partial charge >= 0.3 is 0 Å². The van der Waals surface area contributed by atoms with Crippen LogP contribution in [0.1, 0.15) is 22.0 Å². The molecule has 25 heavy (non-hydrogen) atoms. The summed E-state index contributed by atoms with van der Waals surface area (Å²) in [5, 5.41) is 12.8. The Kier molecular flexibility index (Phi) is 4.81. The average molecular weight is 338 g/mol. The number of benzene rings is 1. The number of nitrogens with one attached hydrogen (secondary N) is 1. The summed E-state index contributed by atoms with van der Waals surface area (Å²) in [5.41, 5.74) is 1.23. The summed E-state index contributed by atoms with van der Waals surface area (Å²) in [7, 11) is 1.58. The van der Waals surface area contributed by atoms with Crippen molar-refractivity contribution in [1.82, 2.24) is 9.88 Å². The zero-order chi connectivity index (χ0) is 17.8. The summed E-state index contributed by atoms with van der Waals surface area (Å²) in [6, 6.07) is 14.0. The van der Waals surface area contributed by atoms with Gasteiger partial charge in [0, 0.05) is 25.4 Å². The van der Waals surface area contributed by atoms with Crippen molar-refractivity contribution in [1.29, 1.82) is 0 Å². The minimum Gasteiger partial charge on any atom is -0.464 e. The minimum atomic E-state index is -0.873. The predicted molar refractivity (Wildman–Crippen MR) is 93.1 cm³/mol. The van der Waals surface area contributed by atoms with Crippen molar-refractivity contribution in [2.24, 2.45) is 7.05 Å². The fourth-order valence-corrected chi connectivity index (χ4v) is 2.48. The summed E-state index contributed by atoms with van der Waals surface area (Å²) in [4.78, 5) is 24.0. The number of amides is 1. The molecule has 0 aliphatic carbocycles. The standard InChI is InChI=1S/C19H18N2O4/c1-21-10-2-4-15(19(21)24)18(23)20-12-16(22)13-6-8-14(9-7-13)17-5-3-11-25-17/h2-11,16,22H,12H2,1H3,(H,20,23). The van der Waals surface area contributed by atoms with Crippen molar-refractivity contribution in [3.8, 4) is 11.3 Å². The number of rotatable bonds is 5. The highest BCUT2D eigenvalue weighted by Crippen LogP contribution is 2.22. The van der Waals surface area contributed by atoms with Crippen LogP contribution < -0.4 is 10.9 Å². The van der Waals surface area contributed by atoms with Crippen LogP contribution in [-0.4, -0.2) is 22.1 Å². The van der Waals surface area contributed by atoms with E-state index in [9.17, 15) is 14.7 Å². The van der Waals surface area contributed by atoms with Crippen LogP contribution >= 0.6 is 0 Å². The van der Waals surface area contributed by atoms with Gasteiger partial charge in [-0.25, -0.2) is 0 Å². The predicted octanol–water partition coefficient (Wildman–Crippen LogP) is 2.11. The number of aliphatic hydroxyl groups excluding tert-OH is 1. The van der Waals surface area contributed by atoms with Gasteiger partial charge in [0.05, 0.1) is 12.4 Å². The molecule has 0 fully saturated rings. The van der Waals surface area contributed by atoms with E-state index in [-0.39, 0.29) is 17.7 Å². The van der Waals surface area contributed by atoms with Crippen molar-refractivity contribution < 1.29 is 14.3 Å². The van der Waals surface area contributed by atoms with Crippen LogP contribution in [-0.2, 0) is 7.05 Å². The number of nitrogens with zero attached hydrogens (tertiary/aromatic N) is 1. The second-order valence-corrected chi connectivity index (χ2v) is 5.66. The second kappa shape index (κ2) is 7.19. The van der Waals surface area contributed by atoms with Crippen LogP contribution in [0.5, 0.6) is 0 Å². The molecule has 1 amide bonds. The van der Waals surface area contributed by atoms with Crippen LogP contribution in [0.3, 0.4) is 0 Å². The maximum atomic E-state index is 12.1. The average Bonchev–Trinajstić information content (AvgIpc) is 3.16. The van der Waals surface area contributed by atoms with Gasteiger partial charge < -0.3 is 19.4 Å². The van der Waals surface area contributed by atoms with Gasteiger partial charge in [0.2, 0.25) is 0 Å². The van der Waals surface area contributed by atoms with Crippen LogP contribution in [0, 0.1) is 0 Å². The van der Waals surface area contributed by atoms with Gasteiger partial charge in [-0.3, -0.25) is 9.59 Å². The number of aromatic nitrogens is 1. The Morgan fingerprint density at radius 2 is 1.96 bits per heavy atom. The highest BCUT2D eigenvalue weighted by molar-refractivity contribution is 5.93. The Bertz CT molecular complexity index is 911. The van der Waals surface area contributed by atoms with E-state index < -0.39 is 12.0 Å². The molecule has 2 N–H and O–H groups in total. The molecular formula is C19H18N2O4. The Labute approximate surface area is 144 Å². The SMILES string of the molecule is Cn1cccc(C(=O)NCC(O)c2ccc(-c3ccco3)cc2)c1=O. The normalized spacial score (nSPS) is 11.9. The molecule has 0 spiro atoms. The molecule has 3 rings (SSSR count). The lowest BCUT2D eigenvalue weighted by Gasteiger charge is -2.13. The van der Waals surface area contributed by atoms with Gasteiger partial charge in [-0.15, -0.1) is 0 Å². The molecule has 1 atom stereocenters. The zero-order valence-corrected chi connectivity index (χ0v) is 13.7. The van der Waals surface area contributed by atoms with E-state index in [1.54, 1.807) is 37.7 Å². The number of carbonyl (C=O) groups excluding carboxylic acids is 1. The van der Waals surface area contributed by atoms with Crippen LogP contribution in [0.25, 0.3) is 11.3 Å². The lowest BCUT2D eigenvalue weighted by atomic mass is 10.1. The summed E-state index contributed by atoms with van der Waals surface area (Å²) < 4.78 is 6.65.